The molecule has 8 heteroatoms. The second-order valence-electron chi connectivity index (χ2n) is 9.43. The number of benzene rings is 2. The molecule has 2 saturated heterocycles. The molecule has 0 saturated carbocycles. The van der Waals surface area contributed by atoms with Gasteiger partial charge in [0.2, 0.25) is 0 Å². The van der Waals surface area contributed by atoms with Gasteiger partial charge < -0.3 is 24.8 Å². The van der Waals surface area contributed by atoms with Crippen molar-refractivity contribution in [3.8, 4) is 11.1 Å². The number of fused-ring (bicyclic) bond motifs is 3. The number of aliphatic carboxylic acids is 1. The van der Waals surface area contributed by atoms with E-state index >= 15 is 0 Å². The first-order chi connectivity index (χ1) is 16.9. The van der Waals surface area contributed by atoms with Crippen molar-refractivity contribution >= 4 is 18.0 Å². The van der Waals surface area contributed by atoms with Gasteiger partial charge in [0.25, 0.3) is 5.91 Å². The van der Waals surface area contributed by atoms with Crippen molar-refractivity contribution in [2.24, 2.45) is 5.41 Å². The minimum atomic E-state index is -0.994. The van der Waals surface area contributed by atoms with Gasteiger partial charge in [0.05, 0.1) is 6.04 Å². The second kappa shape index (κ2) is 9.19. The summed E-state index contributed by atoms with van der Waals surface area (Å²) in [4.78, 5) is 38.8. The predicted octanol–water partition coefficient (Wildman–Crippen LogP) is 3.17. The number of hydrogen-bond donors (Lipinski definition) is 2. The molecule has 182 valence electrons. The molecule has 0 aromatic heterocycles. The van der Waals surface area contributed by atoms with Crippen molar-refractivity contribution in [2.45, 2.75) is 30.9 Å². The zero-order valence-electron chi connectivity index (χ0n) is 19.3. The fourth-order valence-electron chi connectivity index (χ4n) is 5.42. The van der Waals surface area contributed by atoms with Crippen LogP contribution in [0.1, 0.15) is 29.9 Å². The van der Waals surface area contributed by atoms with Gasteiger partial charge >= 0.3 is 12.1 Å². The summed E-state index contributed by atoms with van der Waals surface area (Å²) < 4.78 is 11.2. The Morgan fingerprint density at radius 2 is 1.74 bits per heavy atom. The first-order valence-electron chi connectivity index (χ1n) is 11.8. The van der Waals surface area contributed by atoms with Crippen molar-refractivity contribution in [1.29, 1.82) is 0 Å². The molecular weight excluding hydrogens is 448 g/mol. The van der Waals surface area contributed by atoms with Crippen LogP contribution in [0.4, 0.5) is 4.79 Å². The van der Waals surface area contributed by atoms with Crippen molar-refractivity contribution in [3.63, 3.8) is 0 Å². The monoisotopic (exact) mass is 476 g/mol. The zero-order chi connectivity index (χ0) is 24.6. The molecule has 2 amide bonds. The van der Waals surface area contributed by atoms with Crippen LogP contribution >= 0.6 is 0 Å². The average molecular weight is 477 g/mol. The normalized spacial score (nSPS) is 22.0. The number of rotatable bonds is 7. The van der Waals surface area contributed by atoms with Gasteiger partial charge in [0.15, 0.2) is 6.10 Å². The highest BCUT2D eigenvalue weighted by molar-refractivity contribution is 5.87. The Morgan fingerprint density at radius 3 is 2.34 bits per heavy atom. The van der Waals surface area contributed by atoms with Crippen LogP contribution in [0, 0.1) is 5.41 Å². The molecule has 3 aliphatic rings. The Morgan fingerprint density at radius 1 is 1.11 bits per heavy atom. The maximum atomic E-state index is 13.0. The van der Waals surface area contributed by atoms with E-state index in [4.69, 9.17) is 9.47 Å². The number of carboxylic acid groups (broad SMARTS) is 1. The second-order valence-corrected chi connectivity index (χ2v) is 9.43. The third-order valence-corrected chi connectivity index (χ3v) is 7.27. The highest BCUT2D eigenvalue weighted by atomic mass is 16.6. The molecule has 1 aliphatic carbocycles. The molecule has 0 unspecified atom stereocenters. The molecule has 35 heavy (non-hydrogen) atoms. The SMILES string of the molecule is C=CCC1(C(=O)O)CN(C(=O)[C@@H]2OCC[C@@H]2NC(=O)OCC2c3ccccc3-c3ccccc32)C1. The molecule has 0 spiro atoms. The lowest BCUT2D eigenvalue weighted by Crippen LogP contribution is -2.65. The number of nitrogens with zero attached hydrogens (tertiary/aromatic N) is 1. The number of nitrogens with one attached hydrogen (secondary N) is 1. The maximum Gasteiger partial charge on any atom is 0.407 e. The van der Waals surface area contributed by atoms with Gasteiger partial charge in [0.1, 0.15) is 12.0 Å². The number of carbonyl (C=O) groups excluding carboxylic acids is 2. The predicted molar refractivity (Wildman–Crippen MR) is 128 cm³/mol. The Hall–Kier alpha value is -3.65. The molecule has 2 aliphatic heterocycles. The van der Waals surface area contributed by atoms with E-state index in [2.05, 4.69) is 36.2 Å². The number of carbonyl (C=O) groups is 3. The van der Waals surface area contributed by atoms with Crippen LogP contribution in [-0.4, -0.2) is 66.4 Å². The van der Waals surface area contributed by atoms with Crippen molar-refractivity contribution in [3.05, 3.63) is 72.3 Å². The van der Waals surface area contributed by atoms with E-state index < -0.39 is 29.6 Å². The number of hydrogen-bond acceptors (Lipinski definition) is 5. The number of allylic oxidation sites excluding steroid dienone is 1. The number of alkyl carbamates (subject to hydrolysis) is 1. The molecule has 2 N–H and O–H groups in total. The van der Waals surface area contributed by atoms with Crippen LogP contribution in [-0.2, 0) is 19.1 Å². The van der Waals surface area contributed by atoms with Crippen LogP contribution in [0.5, 0.6) is 0 Å². The lowest BCUT2D eigenvalue weighted by Gasteiger charge is -2.47. The number of likely N-dealkylation sites (tertiary alicyclic amines) is 1. The minimum absolute atomic E-state index is 0.0551. The molecule has 0 radical (unpaired) electrons. The molecule has 2 fully saturated rings. The summed E-state index contributed by atoms with van der Waals surface area (Å²) in [5.74, 6) is -1.31. The van der Waals surface area contributed by atoms with E-state index in [0.29, 0.717) is 19.4 Å². The van der Waals surface area contributed by atoms with Gasteiger partial charge in [-0.1, -0.05) is 54.6 Å². The number of amides is 2. The summed E-state index contributed by atoms with van der Waals surface area (Å²) >= 11 is 0. The Labute approximate surface area is 203 Å². The summed E-state index contributed by atoms with van der Waals surface area (Å²) in [6.45, 7) is 4.33. The topological polar surface area (TPSA) is 105 Å². The van der Waals surface area contributed by atoms with Gasteiger partial charge in [-0.3, -0.25) is 9.59 Å². The Kier molecular flexibility index (Phi) is 6.06. The molecule has 5 rings (SSSR count). The van der Waals surface area contributed by atoms with Crippen LogP contribution in [0.25, 0.3) is 11.1 Å². The summed E-state index contributed by atoms with van der Waals surface area (Å²) in [6, 6.07) is 15.7. The van der Waals surface area contributed by atoms with Crippen molar-refractivity contribution in [2.75, 3.05) is 26.3 Å². The molecular formula is C27H28N2O6. The summed E-state index contributed by atoms with van der Waals surface area (Å²) in [6.07, 6.45) is 0.870. The van der Waals surface area contributed by atoms with Crippen molar-refractivity contribution in [1.82, 2.24) is 10.2 Å². The quantitative estimate of drug-likeness (QED) is 0.595. The van der Waals surface area contributed by atoms with E-state index in [1.807, 2.05) is 24.3 Å². The van der Waals surface area contributed by atoms with Gasteiger partial charge in [-0.15, -0.1) is 6.58 Å². The fourth-order valence-corrected chi connectivity index (χ4v) is 5.42. The van der Waals surface area contributed by atoms with Gasteiger partial charge in [0, 0.05) is 25.6 Å². The van der Waals surface area contributed by atoms with Crippen LogP contribution in [0.3, 0.4) is 0 Å². The highest BCUT2D eigenvalue weighted by Crippen LogP contribution is 2.44. The van der Waals surface area contributed by atoms with Crippen LogP contribution in [0.15, 0.2) is 61.2 Å². The molecule has 0 bridgehead atoms. The van der Waals surface area contributed by atoms with Gasteiger partial charge in [-0.25, -0.2) is 4.79 Å². The zero-order valence-corrected chi connectivity index (χ0v) is 19.3. The third kappa shape index (κ3) is 4.08. The summed E-state index contributed by atoms with van der Waals surface area (Å²) in [7, 11) is 0. The lowest BCUT2D eigenvalue weighted by atomic mass is 9.76. The van der Waals surface area contributed by atoms with E-state index in [9.17, 15) is 19.5 Å². The summed E-state index contributed by atoms with van der Waals surface area (Å²) in [5, 5.41) is 12.3. The third-order valence-electron chi connectivity index (χ3n) is 7.27. The van der Waals surface area contributed by atoms with Gasteiger partial charge in [-0.2, -0.15) is 0 Å². The Bertz CT molecular complexity index is 1130. The molecule has 2 aromatic carbocycles. The van der Waals surface area contributed by atoms with E-state index in [1.54, 1.807) is 6.08 Å². The van der Waals surface area contributed by atoms with Crippen LogP contribution in [0.2, 0.25) is 0 Å². The first kappa shape index (κ1) is 23.1. The first-order valence-corrected chi connectivity index (χ1v) is 11.8. The minimum Gasteiger partial charge on any atom is -0.481 e. The molecule has 2 aromatic rings. The average Bonchev–Trinajstić information content (AvgIpc) is 3.41. The highest BCUT2D eigenvalue weighted by Gasteiger charge is 2.52. The van der Waals surface area contributed by atoms with Crippen molar-refractivity contribution < 1.29 is 29.0 Å². The van der Waals surface area contributed by atoms with E-state index in [1.165, 1.54) is 4.90 Å². The van der Waals surface area contributed by atoms with E-state index in [-0.39, 0.29) is 31.5 Å². The lowest BCUT2D eigenvalue weighted by molar-refractivity contribution is -0.169. The maximum absolute atomic E-state index is 13.0. The Balaban J connectivity index is 1.19. The van der Waals surface area contributed by atoms with Crippen LogP contribution < -0.4 is 5.32 Å². The number of ether oxygens (including phenoxy) is 2. The smallest absolute Gasteiger partial charge is 0.407 e. The largest absolute Gasteiger partial charge is 0.481 e. The number of carboxylic acids is 1. The van der Waals surface area contributed by atoms with Gasteiger partial charge in [-0.05, 0) is 35.1 Å². The van der Waals surface area contributed by atoms with E-state index in [0.717, 1.165) is 22.3 Å². The molecule has 2 atom stereocenters. The molecule has 2 heterocycles. The molecule has 8 nitrogen and oxygen atoms in total. The summed E-state index contributed by atoms with van der Waals surface area (Å²) in [5.41, 5.74) is 3.55. The standard InChI is InChI=1S/C27H28N2O6/c1-2-12-27(25(31)32)15-29(16-27)24(30)23-22(11-13-34-23)28-26(33)35-14-21-19-9-5-3-7-17(19)18-8-4-6-10-20(18)21/h2-10,21-23H,1,11-16H2,(H,28,33)(H,31,32)/t22-,23+/m0/s1. The fraction of sp³-hybridized carbons (Fsp3) is 0.370.